The standard InChI is InChI=1S/C20H20F4N2O/c21-17-9-8-15(12-16(17)20(22,23)24)19(27)25-13-18(26-10-4-5-11-26)14-6-2-1-3-7-14/h1-3,6-9,12,18H,4-5,10-11,13H2,(H,25,27). The quantitative estimate of drug-likeness (QED) is 0.780. The van der Waals surface area contributed by atoms with Crippen LogP contribution in [0.1, 0.15) is 40.4 Å². The Labute approximate surface area is 155 Å². The molecule has 1 atom stereocenters. The number of carbonyl (C=O) groups excluding carboxylic acids is 1. The number of halogens is 4. The van der Waals surface area contributed by atoms with Crippen molar-refractivity contribution in [2.75, 3.05) is 19.6 Å². The molecule has 0 bridgehead atoms. The van der Waals surface area contributed by atoms with E-state index >= 15 is 0 Å². The van der Waals surface area contributed by atoms with Crippen LogP contribution >= 0.6 is 0 Å². The maximum absolute atomic E-state index is 13.4. The molecule has 1 amide bonds. The molecule has 1 N–H and O–H groups in total. The van der Waals surface area contributed by atoms with Gasteiger partial charge in [-0.2, -0.15) is 13.2 Å². The van der Waals surface area contributed by atoms with E-state index in [-0.39, 0.29) is 18.2 Å². The topological polar surface area (TPSA) is 32.3 Å². The molecule has 144 valence electrons. The number of rotatable bonds is 5. The second-order valence-corrected chi connectivity index (χ2v) is 6.57. The average Bonchev–Trinajstić information content (AvgIpc) is 3.16. The van der Waals surface area contributed by atoms with E-state index in [1.807, 2.05) is 30.3 Å². The van der Waals surface area contributed by atoms with Gasteiger partial charge in [-0.3, -0.25) is 9.69 Å². The molecule has 1 heterocycles. The van der Waals surface area contributed by atoms with Gasteiger partial charge in [-0.1, -0.05) is 30.3 Å². The highest BCUT2D eigenvalue weighted by atomic mass is 19.4. The van der Waals surface area contributed by atoms with E-state index in [2.05, 4.69) is 10.2 Å². The zero-order valence-electron chi connectivity index (χ0n) is 14.6. The minimum absolute atomic E-state index is 0.0554. The van der Waals surface area contributed by atoms with Crippen molar-refractivity contribution in [3.8, 4) is 0 Å². The summed E-state index contributed by atoms with van der Waals surface area (Å²) in [6.07, 6.45) is -2.70. The van der Waals surface area contributed by atoms with Crippen LogP contribution in [0.5, 0.6) is 0 Å². The molecule has 1 unspecified atom stereocenters. The van der Waals surface area contributed by atoms with Crippen molar-refractivity contribution in [1.82, 2.24) is 10.2 Å². The number of hydrogen-bond donors (Lipinski definition) is 1. The Hall–Kier alpha value is -2.41. The normalized spacial score (nSPS) is 16.3. The van der Waals surface area contributed by atoms with Crippen LogP contribution in [0, 0.1) is 5.82 Å². The second-order valence-electron chi connectivity index (χ2n) is 6.57. The van der Waals surface area contributed by atoms with E-state index in [1.54, 1.807) is 0 Å². The molecule has 7 heteroatoms. The van der Waals surface area contributed by atoms with Crippen LogP contribution in [0.2, 0.25) is 0 Å². The highest BCUT2D eigenvalue weighted by Gasteiger charge is 2.34. The lowest BCUT2D eigenvalue weighted by Crippen LogP contribution is -2.36. The highest BCUT2D eigenvalue weighted by molar-refractivity contribution is 5.94. The van der Waals surface area contributed by atoms with E-state index in [9.17, 15) is 22.4 Å². The molecule has 0 radical (unpaired) electrons. The van der Waals surface area contributed by atoms with Crippen molar-refractivity contribution in [3.63, 3.8) is 0 Å². The molecule has 1 aliphatic rings. The molecule has 2 aromatic carbocycles. The summed E-state index contributed by atoms with van der Waals surface area (Å²) in [6.45, 7) is 2.08. The maximum Gasteiger partial charge on any atom is 0.419 e. The molecule has 1 aliphatic heterocycles. The molecule has 27 heavy (non-hydrogen) atoms. The fourth-order valence-electron chi connectivity index (χ4n) is 3.36. The maximum atomic E-state index is 13.4. The summed E-state index contributed by atoms with van der Waals surface area (Å²) in [5.41, 5.74) is -0.610. The van der Waals surface area contributed by atoms with Gasteiger partial charge >= 0.3 is 6.18 Å². The van der Waals surface area contributed by atoms with Crippen LogP contribution in [0.3, 0.4) is 0 Å². The summed E-state index contributed by atoms with van der Waals surface area (Å²) in [6, 6.07) is 11.9. The molecular weight excluding hydrogens is 360 g/mol. The van der Waals surface area contributed by atoms with Gasteiger partial charge in [0.15, 0.2) is 0 Å². The summed E-state index contributed by atoms with van der Waals surface area (Å²) < 4.78 is 52.0. The van der Waals surface area contributed by atoms with E-state index in [4.69, 9.17) is 0 Å². The van der Waals surface area contributed by atoms with Crippen molar-refractivity contribution in [3.05, 3.63) is 71.0 Å². The Morgan fingerprint density at radius 3 is 2.37 bits per heavy atom. The van der Waals surface area contributed by atoms with Gasteiger partial charge in [0, 0.05) is 12.1 Å². The van der Waals surface area contributed by atoms with Gasteiger partial charge in [0.05, 0.1) is 11.6 Å². The molecule has 0 aliphatic carbocycles. The number of hydrogen-bond acceptors (Lipinski definition) is 2. The largest absolute Gasteiger partial charge is 0.419 e. The van der Waals surface area contributed by atoms with Gasteiger partial charge in [-0.15, -0.1) is 0 Å². The third-order valence-corrected chi connectivity index (χ3v) is 4.76. The number of benzene rings is 2. The number of likely N-dealkylation sites (tertiary alicyclic amines) is 1. The lowest BCUT2D eigenvalue weighted by Gasteiger charge is -2.28. The Morgan fingerprint density at radius 2 is 1.74 bits per heavy atom. The Morgan fingerprint density at radius 1 is 1.07 bits per heavy atom. The number of amides is 1. The summed E-state index contributed by atoms with van der Waals surface area (Å²) >= 11 is 0. The predicted molar refractivity (Wildman–Crippen MR) is 93.7 cm³/mol. The molecule has 3 nitrogen and oxygen atoms in total. The first kappa shape index (κ1) is 19.4. The monoisotopic (exact) mass is 380 g/mol. The van der Waals surface area contributed by atoms with Gasteiger partial charge in [0.1, 0.15) is 5.82 Å². The zero-order valence-corrected chi connectivity index (χ0v) is 14.6. The fraction of sp³-hybridized carbons (Fsp3) is 0.350. The Kier molecular flexibility index (Phi) is 5.79. The smallest absolute Gasteiger partial charge is 0.350 e. The Balaban J connectivity index is 1.75. The molecule has 0 aromatic heterocycles. The number of alkyl halides is 3. The van der Waals surface area contributed by atoms with Gasteiger partial charge in [0.2, 0.25) is 0 Å². The summed E-state index contributed by atoms with van der Waals surface area (Å²) in [7, 11) is 0. The lowest BCUT2D eigenvalue weighted by molar-refractivity contribution is -0.140. The molecular formula is C20H20F4N2O. The highest BCUT2D eigenvalue weighted by Crippen LogP contribution is 2.32. The Bertz CT molecular complexity index is 786. The van der Waals surface area contributed by atoms with Crippen LogP contribution in [0.4, 0.5) is 17.6 Å². The molecule has 1 fully saturated rings. The fourth-order valence-corrected chi connectivity index (χ4v) is 3.36. The van der Waals surface area contributed by atoms with Crippen LogP contribution in [-0.2, 0) is 6.18 Å². The van der Waals surface area contributed by atoms with Crippen molar-refractivity contribution < 1.29 is 22.4 Å². The molecule has 3 rings (SSSR count). The van der Waals surface area contributed by atoms with Crippen molar-refractivity contribution >= 4 is 5.91 Å². The summed E-state index contributed by atoms with van der Waals surface area (Å²) in [5, 5.41) is 2.70. The first-order valence-corrected chi connectivity index (χ1v) is 8.80. The lowest BCUT2D eigenvalue weighted by atomic mass is 10.0. The summed E-state index contributed by atoms with van der Waals surface area (Å²) in [4.78, 5) is 14.6. The van der Waals surface area contributed by atoms with Gasteiger partial charge < -0.3 is 5.32 Å². The van der Waals surface area contributed by atoms with Crippen molar-refractivity contribution in [2.45, 2.75) is 25.1 Å². The third-order valence-electron chi connectivity index (χ3n) is 4.76. The van der Waals surface area contributed by atoms with Gasteiger partial charge in [0.25, 0.3) is 5.91 Å². The minimum atomic E-state index is -4.84. The van der Waals surface area contributed by atoms with Gasteiger partial charge in [-0.05, 0) is 49.7 Å². The molecule has 1 saturated heterocycles. The second kappa shape index (κ2) is 8.08. The third kappa shape index (κ3) is 4.66. The molecule has 0 saturated carbocycles. The first-order chi connectivity index (χ1) is 12.9. The van der Waals surface area contributed by atoms with Crippen molar-refractivity contribution in [2.24, 2.45) is 0 Å². The number of nitrogens with one attached hydrogen (secondary N) is 1. The average molecular weight is 380 g/mol. The van der Waals surface area contributed by atoms with Gasteiger partial charge in [-0.25, -0.2) is 4.39 Å². The SMILES string of the molecule is O=C(NCC(c1ccccc1)N1CCCC1)c1ccc(F)c(C(F)(F)F)c1. The van der Waals surface area contributed by atoms with Crippen LogP contribution in [0.15, 0.2) is 48.5 Å². The van der Waals surface area contributed by atoms with Crippen LogP contribution in [-0.4, -0.2) is 30.4 Å². The zero-order chi connectivity index (χ0) is 19.4. The number of nitrogens with zero attached hydrogens (tertiary/aromatic N) is 1. The van der Waals surface area contributed by atoms with Crippen molar-refractivity contribution in [1.29, 1.82) is 0 Å². The van der Waals surface area contributed by atoms with E-state index in [0.717, 1.165) is 37.6 Å². The van der Waals surface area contributed by atoms with Crippen LogP contribution in [0.25, 0.3) is 0 Å². The predicted octanol–water partition coefficient (Wildman–Crippen LogP) is 4.41. The number of carbonyl (C=O) groups is 1. The molecule has 2 aromatic rings. The minimum Gasteiger partial charge on any atom is -0.350 e. The van der Waals surface area contributed by atoms with E-state index < -0.39 is 23.5 Å². The van der Waals surface area contributed by atoms with E-state index in [1.165, 1.54) is 0 Å². The summed E-state index contributed by atoms with van der Waals surface area (Å²) in [5.74, 6) is -2.04. The molecule has 0 spiro atoms. The first-order valence-electron chi connectivity index (χ1n) is 8.80. The van der Waals surface area contributed by atoms with E-state index in [0.29, 0.717) is 12.1 Å². The van der Waals surface area contributed by atoms with Crippen LogP contribution < -0.4 is 5.32 Å².